The molecule has 0 saturated carbocycles. The zero-order chi connectivity index (χ0) is 16.1. The normalized spacial score (nSPS) is 10.2. The van der Waals surface area contributed by atoms with Crippen LogP contribution in [0.2, 0.25) is 0 Å². The molecule has 23 heavy (non-hydrogen) atoms. The van der Waals surface area contributed by atoms with Gasteiger partial charge in [0.25, 0.3) is 0 Å². The van der Waals surface area contributed by atoms with Crippen LogP contribution in [0.3, 0.4) is 0 Å². The van der Waals surface area contributed by atoms with E-state index in [1.807, 2.05) is 24.3 Å². The van der Waals surface area contributed by atoms with E-state index in [4.69, 9.17) is 4.74 Å². The van der Waals surface area contributed by atoms with Gasteiger partial charge in [0.05, 0.1) is 12.8 Å². The average molecular weight is 310 g/mol. The lowest BCUT2D eigenvalue weighted by Crippen LogP contribution is -1.99. The predicted octanol–water partition coefficient (Wildman–Crippen LogP) is 4.11. The van der Waals surface area contributed by atoms with Crippen molar-refractivity contribution >= 4 is 23.0 Å². The molecule has 116 valence electrons. The summed E-state index contributed by atoms with van der Waals surface area (Å²) in [6, 6.07) is 15.6. The van der Waals surface area contributed by atoms with E-state index in [-0.39, 0.29) is 5.82 Å². The Kier molecular flexibility index (Phi) is 4.33. The van der Waals surface area contributed by atoms with E-state index in [1.54, 1.807) is 31.4 Å². The van der Waals surface area contributed by atoms with E-state index in [1.165, 1.54) is 12.4 Å². The van der Waals surface area contributed by atoms with Gasteiger partial charge in [-0.15, -0.1) is 0 Å². The molecule has 1 heterocycles. The van der Waals surface area contributed by atoms with Crippen LogP contribution in [0.15, 0.2) is 60.9 Å². The maximum absolute atomic E-state index is 13.7. The molecule has 0 aliphatic rings. The SMILES string of the molecule is COc1ccc(Nc2cc(Nc3ccccc3F)ncn2)cc1. The van der Waals surface area contributed by atoms with Gasteiger partial charge in [-0.3, -0.25) is 0 Å². The van der Waals surface area contributed by atoms with Gasteiger partial charge in [-0.25, -0.2) is 14.4 Å². The molecule has 0 unspecified atom stereocenters. The van der Waals surface area contributed by atoms with Gasteiger partial charge in [-0.1, -0.05) is 12.1 Å². The Morgan fingerprint density at radius 1 is 0.913 bits per heavy atom. The van der Waals surface area contributed by atoms with E-state index >= 15 is 0 Å². The minimum atomic E-state index is -0.337. The van der Waals surface area contributed by atoms with Crippen molar-refractivity contribution in [1.82, 2.24) is 9.97 Å². The van der Waals surface area contributed by atoms with Crippen molar-refractivity contribution in [3.8, 4) is 5.75 Å². The van der Waals surface area contributed by atoms with Crippen LogP contribution in [0, 0.1) is 5.82 Å². The predicted molar refractivity (Wildman–Crippen MR) is 88.0 cm³/mol. The molecule has 2 aromatic carbocycles. The Hall–Kier alpha value is -3.15. The number of para-hydroxylation sites is 1. The molecule has 0 saturated heterocycles. The van der Waals surface area contributed by atoms with Crippen molar-refractivity contribution in [2.75, 3.05) is 17.7 Å². The van der Waals surface area contributed by atoms with Crippen LogP contribution in [0.5, 0.6) is 5.75 Å². The van der Waals surface area contributed by atoms with Gasteiger partial charge in [0.1, 0.15) is 29.5 Å². The first kappa shape index (κ1) is 14.8. The third-order valence-electron chi connectivity index (χ3n) is 3.17. The number of benzene rings is 2. The Morgan fingerprint density at radius 2 is 1.61 bits per heavy atom. The van der Waals surface area contributed by atoms with Crippen molar-refractivity contribution in [3.05, 3.63) is 66.7 Å². The fraction of sp³-hybridized carbons (Fsp3) is 0.0588. The zero-order valence-corrected chi connectivity index (χ0v) is 12.5. The lowest BCUT2D eigenvalue weighted by Gasteiger charge is -2.09. The summed E-state index contributed by atoms with van der Waals surface area (Å²) in [5.41, 5.74) is 1.22. The number of anilines is 4. The smallest absolute Gasteiger partial charge is 0.146 e. The zero-order valence-electron chi connectivity index (χ0n) is 12.5. The molecule has 0 aliphatic heterocycles. The largest absolute Gasteiger partial charge is 0.497 e. The van der Waals surface area contributed by atoms with E-state index in [0.29, 0.717) is 17.3 Å². The summed E-state index contributed by atoms with van der Waals surface area (Å²) in [6.45, 7) is 0. The fourth-order valence-corrected chi connectivity index (χ4v) is 2.02. The highest BCUT2D eigenvalue weighted by atomic mass is 19.1. The molecule has 0 spiro atoms. The van der Waals surface area contributed by atoms with E-state index in [0.717, 1.165) is 11.4 Å². The van der Waals surface area contributed by atoms with E-state index in [2.05, 4.69) is 20.6 Å². The highest BCUT2D eigenvalue weighted by Gasteiger charge is 2.04. The highest BCUT2D eigenvalue weighted by molar-refractivity contribution is 5.63. The Balaban J connectivity index is 1.75. The topological polar surface area (TPSA) is 59.1 Å². The number of methoxy groups -OCH3 is 1. The maximum Gasteiger partial charge on any atom is 0.146 e. The van der Waals surface area contributed by atoms with Gasteiger partial charge >= 0.3 is 0 Å². The van der Waals surface area contributed by atoms with Crippen LogP contribution >= 0.6 is 0 Å². The number of nitrogens with one attached hydrogen (secondary N) is 2. The van der Waals surface area contributed by atoms with Gasteiger partial charge in [-0.05, 0) is 36.4 Å². The summed E-state index contributed by atoms with van der Waals surface area (Å²) < 4.78 is 18.8. The van der Waals surface area contributed by atoms with Crippen molar-refractivity contribution in [2.45, 2.75) is 0 Å². The first-order valence-corrected chi connectivity index (χ1v) is 6.99. The van der Waals surface area contributed by atoms with Crippen LogP contribution in [0.1, 0.15) is 0 Å². The first-order valence-electron chi connectivity index (χ1n) is 6.99. The van der Waals surface area contributed by atoms with Crippen molar-refractivity contribution in [1.29, 1.82) is 0 Å². The van der Waals surface area contributed by atoms with E-state index in [9.17, 15) is 4.39 Å². The van der Waals surface area contributed by atoms with Gasteiger partial charge in [0, 0.05) is 11.8 Å². The van der Waals surface area contributed by atoms with Crippen LogP contribution in [0.4, 0.5) is 27.4 Å². The molecule has 0 atom stereocenters. The summed E-state index contributed by atoms with van der Waals surface area (Å²) in [4.78, 5) is 8.25. The van der Waals surface area contributed by atoms with Gasteiger partial charge in [0.15, 0.2) is 0 Å². The number of aromatic nitrogens is 2. The van der Waals surface area contributed by atoms with Crippen LogP contribution in [-0.4, -0.2) is 17.1 Å². The number of halogens is 1. The maximum atomic E-state index is 13.7. The summed E-state index contributed by atoms with van der Waals surface area (Å²) in [6.07, 6.45) is 1.41. The first-order chi connectivity index (χ1) is 11.2. The molecule has 0 bridgehead atoms. The van der Waals surface area contributed by atoms with Gasteiger partial charge in [0.2, 0.25) is 0 Å². The monoisotopic (exact) mass is 310 g/mol. The van der Waals surface area contributed by atoms with Crippen LogP contribution in [-0.2, 0) is 0 Å². The molecule has 5 nitrogen and oxygen atoms in total. The summed E-state index contributed by atoms with van der Waals surface area (Å²) in [5, 5.41) is 6.09. The molecule has 0 fully saturated rings. The molecule has 3 aromatic rings. The van der Waals surface area contributed by atoms with Gasteiger partial charge in [-0.2, -0.15) is 0 Å². The van der Waals surface area contributed by atoms with Crippen LogP contribution in [0.25, 0.3) is 0 Å². The molecule has 6 heteroatoms. The lowest BCUT2D eigenvalue weighted by atomic mass is 10.3. The molecule has 1 aromatic heterocycles. The average Bonchev–Trinajstić information content (AvgIpc) is 2.58. The minimum absolute atomic E-state index is 0.337. The second-order valence-electron chi connectivity index (χ2n) is 4.75. The number of nitrogens with zero attached hydrogens (tertiary/aromatic N) is 2. The molecule has 3 rings (SSSR count). The minimum Gasteiger partial charge on any atom is -0.497 e. The number of rotatable bonds is 5. The standard InChI is InChI=1S/C17H15FN4O/c1-23-13-8-6-12(7-9-13)21-16-10-17(20-11-19-16)22-15-5-3-2-4-14(15)18/h2-11H,1H3,(H2,19,20,21,22). The van der Waals surface area contributed by atoms with Crippen molar-refractivity contribution in [2.24, 2.45) is 0 Å². The van der Waals surface area contributed by atoms with Crippen molar-refractivity contribution < 1.29 is 9.13 Å². The summed E-state index contributed by atoms with van der Waals surface area (Å²) in [5.74, 6) is 1.54. The number of hydrogen-bond donors (Lipinski definition) is 2. The van der Waals surface area contributed by atoms with Crippen molar-refractivity contribution in [3.63, 3.8) is 0 Å². The second-order valence-corrected chi connectivity index (χ2v) is 4.75. The third kappa shape index (κ3) is 3.74. The highest BCUT2D eigenvalue weighted by Crippen LogP contribution is 2.22. The quantitative estimate of drug-likeness (QED) is 0.742. The van der Waals surface area contributed by atoms with Crippen LogP contribution < -0.4 is 15.4 Å². The molecular formula is C17H15FN4O. The Labute approximate surface area is 133 Å². The molecular weight excluding hydrogens is 295 g/mol. The number of ether oxygens (including phenoxy) is 1. The Morgan fingerprint density at radius 3 is 2.30 bits per heavy atom. The molecule has 2 N–H and O–H groups in total. The Bertz CT molecular complexity index is 793. The number of hydrogen-bond acceptors (Lipinski definition) is 5. The molecule has 0 radical (unpaired) electrons. The van der Waals surface area contributed by atoms with Gasteiger partial charge < -0.3 is 15.4 Å². The second kappa shape index (κ2) is 6.74. The molecule has 0 amide bonds. The molecule has 0 aliphatic carbocycles. The summed E-state index contributed by atoms with van der Waals surface area (Å²) in [7, 11) is 1.62. The summed E-state index contributed by atoms with van der Waals surface area (Å²) >= 11 is 0. The van der Waals surface area contributed by atoms with E-state index < -0.39 is 0 Å². The third-order valence-corrected chi connectivity index (χ3v) is 3.17. The lowest BCUT2D eigenvalue weighted by molar-refractivity contribution is 0.415. The fourth-order valence-electron chi connectivity index (χ4n) is 2.02.